The van der Waals surface area contributed by atoms with Crippen molar-refractivity contribution in [3.05, 3.63) is 107 Å². The Morgan fingerprint density at radius 3 is 1.97 bits per heavy atom. The molecule has 0 saturated carbocycles. The van der Waals surface area contributed by atoms with Gasteiger partial charge in [0.2, 0.25) is 0 Å². The molecule has 0 unspecified atom stereocenters. The second-order valence-electron chi connectivity index (χ2n) is 7.24. The summed E-state index contributed by atoms with van der Waals surface area (Å²) in [5, 5.41) is 8.24. The molecular formula is C27H27FN2. The molecule has 3 aromatic carbocycles. The molecule has 0 N–H and O–H groups in total. The van der Waals surface area contributed by atoms with Crippen LogP contribution in [0.5, 0.6) is 0 Å². The van der Waals surface area contributed by atoms with Gasteiger partial charge in [0.15, 0.2) is 0 Å². The summed E-state index contributed by atoms with van der Waals surface area (Å²) in [4.78, 5) is 0. The Balaban J connectivity index is 1.60. The summed E-state index contributed by atoms with van der Waals surface area (Å²) in [6.07, 6.45) is 9.24. The van der Waals surface area contributed by atoms with Gasteiger partial charge in [-0.3, -0.25) is 0 Å². The van der Waals surface area contributed by atoms with Crippen LogP contribution in [0.25, 0.3) is 11.1 Å². The topological polar surface area (TPSA) is 24.7 Å². The highest BCUT2D eigenvalue weighted by Crippen LogP contribution is 2.24. The van der Waals surface area contributed by atoms with Crippen LogP contribution in [0, 0.1) is 5.82 Å². The van der Waals surface area contributed by atoms with E-state index in [0.717, 1.165) is 47.9 Å². The average Bonchev–Trinajstić information content (AvgIpc) is 2.77. The minimum absolute atomic E-state index is 0.178. The maximum absolute atomic E-state index is 14.4. The van der Waals surface area contributed by atoms with E-state index in [4.69, 9.17) is 0 Å². The fourth-order valence-electron chi connectivity index (χ4n) is 3.22. The monoisotopic (exact) mass is 398 g/mol. The van der Waals surface area contributed by atoms with Crippen LogP contribution >= 0.6 is 0 Å². The van der Waals surface area contributed by atoms with Crippen molar-refractivity contribution in [3.8, 4) is 11.1 Å². The van der Waals surface area contributed by atoms with Crippen molar-refractivity contribution in [1.29, 1.82) is 0 Å². The average molecular weight is 399 g/mol. The van der Waals surface area contributed by atoms with Crippen LogP contribution in [0.4, 0.5) is 4.39 Å². The number of nitrogens with zero attached hydrogens (tertiary/aromatic N) is 2. The molecule has 30 heavy (non-hydrogen) atoms. The van der Waals surface area contributed by atoms with E-state index in [1.54, 1.807) is 18.5 Å². The van der Waals surface area contributed by atoms with Gasteiger partial charge in [-0.25, -0.2) is 4.39 Å². The van der Waals surface area contributed by atoms with Gasteiger partial charge in [-0.05, 0) is 53.1 Å². The van der Waals surface area contributed by atoms with Gasteiger partial charge < -0.3 is 0 Å². The number of rotatable bonds is 9. The Kier molecular flexibility index (Phi) is 7.85. The van der Waals surface area contributed by atoms with Crippen molar-refractivity contribution in [2.24, 2.45) is 10.2 Å². The van der Waals surface area contributed by atoms with Crippen molar-refractivity contribution in [3.63, 3.8) is 0 Å². The lowest BCUT2D eigenvalue weighted by molar-refractivity contribution is 0.628. The molecule has 0 amide bonds. The van der Waals surface area contributed by atoms with E-state index in [9.17, 15) is 4.39 Å². The van der Waals surface area contributed by atoms with Crippen molar-refractivity contribution in [2.45, 2.75) is 32.6 Å². The highest BCUT2D eigenvalue weighted by atomic mass is 19.1. The molecular weight excluding hydrogens is 371 g/mol. The zero-order chi connectivity index (χ0) is 21.2. The van der Waals surface area contributed by atoms with Crippen molar-refractivity contribution >= 4 is 12.4 Å². The maximum Gasteiger partial charge on any atom is 0.131 e. The van der Waals surface area contributed by atoms with Crippen LogP contribution in [-0.2, 0) is 12.8 Å². The molecule has 2 nitrogen and oxygen atoms in total. The van der Waals surface area contributed by atoms with E-state index >= 15 is 0 Å². The predicted octanol–water partition coefficient (Wildman–Crippen LogP) is 7.02. The standard InChI is InChI=1S/C27H27FN2/c1-3-5-7-21-8-10-23(11-9-21)19-29-30-20-24-12-15-25(16-13-24)26-17-14-22(6-4-2)18-27(26)28/h3,8-20H,1,4-7H2,2H3. The van der Waals surface area contributed by atoms with E-state index in [1.807, 2.05) is 54.6 Å². The number of halogens is 1. The van der Waals surface area contributed by atoms with Crippen LogP contribution in [0.1, 0.15) is 42.0 Å². The van der Waals surface area contributed by atoms with Gasteiger partial charge in [-0.2, -0.15) is 10.2 Å². The van der Waals surface area contributed by atoms with Gasteiger partial charge >= 0.3 is 0 Å². The molecule has 0 aliphatic rings. The number of hydrogen-bond acceptors (Lipinski definition) is 2. The lowest BCUT2D eigenvalue weighted by Crippen LogP contribution is -1.90. The zero-order valence-corrected chi connectivity index (χ0v) is 17.4. The summed E-state index contributed by atoms with van der Waals surface area (Å²) in [5.41, 5.74) is 5.71. The van der Waals surface area contributed by atoms with Crippen LogP contribution in [0.3, 0.4) is 0 Å². The van der Waals surface area contributed by atoms with Gasteiger partial charge in [0.1, 0.15) is 5.82 Å². The predicted molar refractivity (Wildman–Crippen MR) is 126 cm³/mol. The molecule has 3 rings (SSSR count). The summed E-state index contributed by atoms with van der Waals surface area (Å²) >= 11 is 0. The van der Waals surface area contributed by atoms with Gasteiger partial charge in [0.05, 0.1) is 12.4 Å². The minimum Gasteiger partial charge on any atom is -0.206 e. The van der Waals surface area contributed by atoms with Crippen molar-refractivity contribution < 1.29 is 4.39 Å². The van der Waals surface area contributed by atoms with Gasteiger partial charge in [-0.1, -0.05) is 80.1 Å². The van der Waals surface area contributed by atoms with Crippen LogP contribution < -0.4 is 0 Å². The number of hydrogen-bond donors (Lipinski definition) is 0. The Morgan fingerprint density at radius 2 is 1.40 bits per heavy atom. The lowest BCUT2D eigenvalue weighted by atomic mass is 10.0. The third-order valence-corrected chi connectivity index (χ3v) is 4.89. The van der Waals surface area contributed by atoms with Gasteiger partial charge in [0, 0.05) is 5.56 Å². The fraction of sp³-hybridized carbons (Fsp3) is 0.185. The quantitative estimate of drug-likeness (QED) is 0.210. The van der Waals surface area contributed by atoms with Crippen molar-refractivity contribution in [2.75, 3.05) is 0 Å². The number of aryl methyl sites for hydroxylation is 2. The molecule has 0 saturated heterocycles. The van der Waals surface area contributed by atoms with Gasteiger partial charge in [0.25, 0.3) is 0 Å². The molecule has 0 spiro atoms. The second-order valence-corrected chi connectivity index (χ2v) is 7.24. The Labute approximate surface area is 178 Å². The van der Waals surface area contributed by atoms with E-state index < -0.39 is 0 Å². The molecule has 0 heterocycles. The molecule has 0 atom stereocenters. The first kappa shape index (κ1) is 21.4. The fourth-order valence-corrected chi connectivity index (χ4v) is 3.22. The van der Waals surface area contributed by atoms with E-state index in [2.05, 4.69) is 35.8 Å². The first-order valence-electron chi connectivity index (χ1n) is 10.3. The third-order valence-electron chi connectivity index (χ3n) is 4.89. The Morgan fingerprint density at radius 1 is 0.800 bits per heavy atom. The van der Waals surface area contributed by atoms with E-state index in [1.165, 1.54) is 5.56 Å². The highest BCUT2D eigenvalue weighted by Gasteiger charge is 2.06. The first-order chi connectivity index (χ1) is 14.7. The maximum atomic E-state index is 14.4. The summed E-state index contributed by atoms with van der Waals surface area (Å²) < 4.78 is 14.4. The zero-order valence-electron chi connectivity index (χ0n) is 17.4. The summed E-state index contributed by atoms with van der Waals surface area (Å²) in [6, 6.07) is 21.4. The summed E-state index contributed by atoms with van der Waals surface area (Å²) in [6.45, 7) is 5.84. The number of allylic oxidation sites excluding steroid dienone is 1. The van der Waals surface area contributed by atoms with E-state index in [0.29, 0.717) is 5.56 Å². The molecule has 0 radical (unpaired) electrons. The van der Waals surface area contributed by atoms with E-state index in [-0.39, 0.29) is 5.82 Å². The SMILES string of the molecule is C=CCCc1ccc(C=NN=Cc2ccc(-c3ccc(CCC)cc3F)cc2)cc1. The highest BCUT2D eigenvalue weighted by molar-refractivity contribution is 5.83. The largest absolute Gasteiger partial charge is 0.206 e. The third kappa shape index (κ3) is 6.08. The number of benzene rings is 3. The smallest absolute Gasteiger partial charge is 0.131 e. The molecule has 0 aliphatic heterocycles. The first-order valence-corrected chi connectivity index (χ1v) is 10.3. The summed E-state index contributed by atoms with van der Waals surface area (Å²) in [7, 11) is 0. The van der Waals surface area contributed by atoms with Crippen LogP contribution in [0.15, 0.2) is 89.6 Å². The van der Waals surface area contributed by atoms with Crippen LogP contribution in [0.2, 0.25) is 0 Å². The molecule has 3 heteroatoms. The molecule has 0 aromatic heterocycles. The van der Waals surface area contributed by atoms with Gasteiger partial charge in [-0.15, -0.1) is 6.58 Å². The Bertz CT molecular complexity index is 1020. The minimum atomic E-state index is -0.178. The van der Waals surface area contributed by atoms with Crippen LogP contribution in [-0.4, -0.2) is 12.4 Å². The molecule has 0 bridgehead atoms. The lowest BCUT2D eigenvalue weighted by Gasteiger charge is -2.06. The second kappa shape index (κ2) is 11.0. The molecule has 0 fully saturated rings. The molecule has 3 aromatic rings. The summed E-state index contributed by atoms with van der Waals surface area (Å²) in [5.74, 6) is -0.178. The Hall–Kier alpha value is -3.33. The molecule has 0 aliphatic carbocycles. The molecule has 152 valence electrons. The normalized spacial score (nSPS) is 11.4. The van der Waals surface area contributed by atoms with Crippen molar-refractivity contribution in [1.82, 2.24) is 0 Å².